The van der Waals surface area contributed by atoms with E-state index in [9.17, 15) is 4.79 Å². The molecule has 0 aliphatic carbocycles. The van der Waals surface area contributed by atoms with E-state index in [1.807, 2.05) is 60.7 Å². The quantitative estimate of drug-likeness (QED) is 0.366. The zero-order valence-electron chi connectivity index (χ0n) is 15.7. The van der Waals surface area contributed by atoms with E-state index in [1.165, 1.54) is 11.0 Å². The Bertz CT molecular complexity index is 841. The summed E-state index contributed by atoms with van der Waals surface area (Å²) in [6.45, 7) is 0. The summed E-state index contributed by atoms with van der Waals surface area (Å²) in [5, 5.41) is 0. The monoisotopic (exact) mass is 353 g/mol. The maximum atomic E-state index is 12.0. The maximum absolute atomic E-state index is 12.0. The average molecular weight is 353 g/mol. The molecule has 3 rings (SSSR count). The zero-order chi connectivity index (χ0) is 19.1. The highest BCUT2D eigenvalue weighted by molar-refractivity contribution is 5.87. The van der Waals surface area contributed by atoms with Crippen LogP contribution in [0, 0.1) is 0 Å². The Morgan fingerprint density at radius 2 is 1.11 bits per heavy atom. The Morgan fingerprint density at radius 1 is 0.741 bits per heavy atom. The molecule has 3 aromatic rings. The van der Waals surface area contributed by atoms with Crippen LogP contribution in [0.3, 0.4) is 0 Å². The molecule has 134 valence electrons. The van der Waals surface area contributed by atoms with E-state index in [2.05, 4.69) is 42.1 Å². The van der Waals surface area contributed by atoms with Gasteiger partial charge in [0.25, 0.3) is 5.91 Å². The first kappa shape index (κ1) is 18.4. The van der Waals surface area contributed by atoms with Crippen molar-refractivity contribution in [2.75, 3.05) is 14.1 Å². The molecule has 0 saturated heterocycles. The molecule has 0 fully saturated rings. The highest BCUT2D eigenvalue weighted by atomic mass is 16.2. The Morgan fingerprint density at radius 3 is 1.44 bits per heavy atom. The van der Waals surface area contributed by atoms with Gasteiger partial charge in [0.2, 0.25) is 0 Å². The Labute approximate surface area is 161 Å². The third-order valence-corrected chi connectivity index (χ3v) is 4.63. The minimum absolute atomic E-state index is 0.0886. The van der Waals surface area contributed by atoms with Crippen molar-refractivity contribution < 1.29 is 4.79 Å². The molecular formula is C25H23NO. The van der Waals surface area contributed by atoms with Crippen molar-refractivity contribution in [3.05, 3.63) is 126 Å². The standard InChI is InChI=1S/C25H23NO/c1-26(2)24(27)19-12-20-25(21-13-6-3-7-14-21,22-15-8-4-9-16-22)23-17-10-5-11-18-23/h3-11,13-20H,1-2H3. The molecule has 0 aliphatic rings. The number of nitrogens with zero attached hydrogens (tertiary/aromatic N) is 1. The lowest BCUT2D eigenvalue weighted by Crippen LogP contribution is -2.26. The summed E-state index contributed by atoms with van der Waals surface area (Å²) in [6, 6.07) is 31.0. The first-order valence-corrected chi connectivity index (χ1v) is 8.96. The lowest BCUT2D eigenvalue weighted by atomic mass is 9.69. The number of benzene rings is 3. The van der Waals surface area contributed by atoms with Crippen molar-refractivity contribution in [3.8, 4) is 0 Å². The average Bonchev–Trinajstić information content (AvgIpc) is 2.73. The smallest absolute Gasteiger partial charge is 0.253 e. The molecule has 0 saturated carbocycles. The third-order valence-electron chi connectivity index (χ3n) is 4.63. The van der Waals surface area contributed by atoms with Gasteiger partial charge in [0.15, 0.2) is 0 Å². The largest absolute Gasteiger partial charge is 0.345 e. The topological polar surface area (TPSA) is 20.3 Å². The summed E-state index contributed by atoms with van der Waals surface area (Å²) in [7, 11) is 3.47. The molecule has 2 nitrogen and oxygen atoms in total. The van der Waals surface area contributed by atoms with Crippen LogP contribution >= 0.6 is 0 Å². The first-order valence-electron chi connectivity index (χ1n) is 8.96. The van der Waals surface area contributed by atoms with Crippen LogP contribution in [0.1, 0.15) is 16.7 Å². The van der Waals surface area contributed by atoms with E-state index in [1.54, 1.807) is 14.1 Å². The van der Waals surface area contributed by atoms with Crippen molar-refractivity contribution in [3.63, 3.8) is 0 Å². The Kier molecular flexibility index (Phi) is 5.71. The van der Waals surface area contributed by atoms with Crippen LogP contribution in [0.25, 0.3) is 0 Å². The van der Waals surface area contributed by atoms with Crippen molar-refractivity contribution in [2.45, 2.75) is 5.41 Å². The second-order valence-corrected chi connectivity index (χ2v) is 6.59. The molecule has 3 aromatic carbocycles. The summed E-state index contributed by atoms with van der Waals surface area (Å²) in [5.41, 5.74) is 6.00. The van der Waals surface area contributed by atoms with Gasteiger partial charge >= 0.3 is 0 Å². The van der Waals surface area contributed by atoms with Gasteiger partial charge in [-0.1, -0.05) is 91.0 Å². The molecule has 0 aromatic heterocycles. The summed E-state index contributed by atoms with van der Waals surface area (Å²) >= 11 is 0. The van der Waals surface area contributed by atoms with Gasteiger partial charge < -0.3 is 4.90 Å². The highest BCUT2D eigenvalue weighted by Crippen LogP contribution is 2.40. The van der Waals surface area contributed by atoms with Gasteiger partial charge in [-0.2, -0.15) is 0 Å². The van der Waals surface area contributed by atoms with Crippen LogP contribution in [-0.2, 0) is 10.2 Å². The number of hydrogen-bond acceptors (Lipinski definition) is 1. The van der Waals surface area contributed by atoms with Gasteiger partial charge in [-0.05, 0) is 22.8 Å². The molecule has 2 heteroatoms. The minimum Gasteiger partial charge on any atom is -0.345 e. The molecule has 0 N–H and O–H groups in total. The SMILES string of the molecule is CN(C)C(=O)C=C=CC(c1ccccc1)(c1ccccc1)c1ccccc1. The van der Waals surface area contributed by atoms with Crippen LogP contribution in [0.2, 0.25) is 0 Å². The number of carbonyl (C=O) groups excluding carboxylic acids is 1. The number of hydrogen-bond donors (Lipinski definition) is 0. The van der Waals surface area contributed by atoms with Crippen LogP contribution in [0.15, 0.2) is 109 Å². The molecular weight excluding hydrogens is 330 g/mol. The molecule has 0 spiro atoms. The van der Waals surface area contributed by atoms with Crippen LogP contribution in [-0.4, -0.2) is 24.9 Å². The second-order valence-electron chi connectivity index (χ2n) is 6.59. The fourth-order valence-corrected chi connectivity index (χ4v) is 3.22. The zero-order valence-corrected chi connectivity index (χ0v) is 15.7. The van der Waals surface area contributed by atoms with E-state index in [0.717, 1.165) is 16.7 Å². The van der Waals surface area contributed by atoms with E-state index >= 15 is 0 Å². The number of carbonyl (C=O) groups is 1. The fourth-order valence-electron chi connectivity index (χ4n) is 3.22. The molecule has 0 radical (unpaired) electrons. The Balaban J connectivity index is 2.30. The van der Waals surface area contributed by atoms with Crippen LogP contribution in [0.5, 0.6) is 0 Å². The van der Waals surface area contributed by atoms with Crippen molar-refractivity contribution in [1.82, 2.24) is 4.90 Å². The highest BCUT2D eigenvalue weighted by Gasteiger charge is 2.33. The number of likely N-dealkylation sites (N-methyl/N-ethyl adjacent to an activating group) is 1. The maximum Gasteiger partial charge on any atom is 0.253 e. The molecule has 1 amide bonds. The fraction of sp³-hybridized carbons (Fsp3) is 0.120. The van der Waals surface area contributed by atoms with Gasteiger partial charge in [0, 0.05) is 20.2 Å². The molecule has 0 aliphatic heterocycles. The molecule has 0 unspecified atom stereocenters. The first-order chi connectivity index (χ1) is 13.1. The second kappa shape index (κ2) is 8.35. The lowest BCUT2D eigenvalue weighted by Gasteiger charge is -2.32. The van der Waals surface area contributed by atoms with Gasteiger partial charge in [0.05, 0.1) is 5.41 Å². The van der Waals surface area contributed by atoms with Crippen molar-refractivity contribution >= 4 is 5.91 Å². The predicted molar refractivity (Wildman–Crippen MR) is 111 cm³/mol. The van der Waals surface area contributed by atoms with E-state index in [4.69, 9.17) is 0 Å². The van der Waals surface area contributed by atoms with Crippen LogP contribution in [0.4, 0.5) is 0 Å². The normalized spacial score (nSPS) is 10.6. The van der Waals surface area contributed by atoms with Gasteiger partial charge in [-0.15, -0.1) is 5.73 Å². The minimum atomic E-state index is -0.535. The third kappa shape index (κ3) is 3.92. The molecule has 0 atom stereocenters. The molecule has 27 heavy (non-hydrogen) atoms. The molecule has 0 bridgehead atoms. The predicted octanol–water partition coefficient (Wildman–Crippen LogP) is 4.82. The lowest BCUT2D eigenvalue weighted by molar-refractivity contribution is -0.123. The van der Waals surface area contributed by atoms with E-state index in [0.29, 0.717) is 0 Å². The summed E-state index contributed by atoms with van der Waals surface area (Å²) in [6.07, 6.45) is 3.48. The van der Waals surface area contributed by atoms with E-state index in [-0.39, 0.29) is 5.91 Å². The van der Waals surface area contributed by atoms with Crippen molar-refractivity contribution in [2.24, 2.45) is 0 Å². The number of rotatable bonds is 5. The van der Waals surface area contributed by atoms with Crippen LogP contribution < -0.4 is 0 Å². The Hall–Kier alpha value is -3.35. The number of amides is 1. The van der Waals surface area contributed by atoms with Gasteiger partial charge in [0.1, 0.15) is 0 Å². The van der Waals surface area contributed by atoms with Gasteiger partial charge in [-0.25, -0.2) is 0 Å². The summed E-state index contributed by atoms with van der Waals surface area (Å²) in [5.74, 6) is -0.0886. The van der Waals surface area contributed by atoms with E-state index < -0.39 is 5.41 Å². The summed E-state index contributed by atoms with van der Waals surface area (Å²) in [4.78, 5) is 13.6. The van der Waals surface area contributed by atoms with Gasteiger partial charge in [-0.3, -0.25) is 4.79 Å². The van der Waals surface area contributed by atoms with Crippen molar-refractivity contribution in [1.29, 1.82) is 0 Å². The molecule has 0 heterocycles. The summed E-state index contributed by atoms with van der Waals surface area (Å²) < 4.78 is 0.